The second-order valence-corrected chi connectivity index (χ2v) is 4.49. The lowest BCUT2D eigenvalue weighted by Crippen LogP contribution is -1.98. The molecule has 1 aromatic rings. The molecule has 0 aromatic carbocycles. The quantitative estimate of drug-likeness (QED) is 0.597. The van der Waals surface area contributed by atoms with Gasteiger partial charge in [-0.1, -0.05) is 22.9 Å². The van der Waals surface area contributed by atoms with Gasteiger partial charge in [-0.25, -0.2) is 0 Å². The monoisotopic (exact) mass is 245 g/mol. The molecule has 0 saturated carbocycles. The number of thioether (sulfide) groups is 1. The number of rotatable bonds is 4. The summed E-state index contributed by atoms with van der Waals surface area (Å²) in [5.74, 6) is 1.89. The Morgan fingerprint density at radius 1 is 1.50 bits per heavy atom. The van der Waals surface area contributed by atoms with E-state index in [2.05, 4.69) is 27.8 Å². The van der Waals surface area contributed by atoms with E-state index in [0.29, 0.717) is 0 Å². The number of aromatic nitrogens is 1. The molecule has 1 unspecified atom stereocenters. The summed E-state index contributed by atoms with van der Waals surface area (Å²) in [4.78, 5) is 5.27. The van der Waals surface area contributed by atoms with Crippen LogP contribution in [-0.2, 0) is 0 Å². The molecule has 1 aromatic heterocycles. The van der Waals surface area contributed by atoms with E-state index in [-0.39, 0.29) is 0 Å². The highest BCUT2D eigenvalue weighted by molar-refractivity contribution is 9.09. The Morgan fingerprint density at radius 2 is 2.17 bits per heavy atom. The van der Waals surface area contributed by atoms with Gasteiger partial charge >= 0.3 is 0 Å². The normalized spacial score (nSPS) is 12.8. The summed E-state index contributed by atoms with van der Waals surface area (Å²) < 4.78 is 0. The summed E-state index contributed by atoms with van der Waals surface area (Å²) in [5.41, 5.74) is 0. The number of alkyl halides is 1. The number of pyridine rings is 1. The van der Waals surface area contributed by atoms with E-state index in [1.54, 1.807) is 0 Å². The van der Waals surface area contributed by atoms with Crippen LogP contribution in [0.5, 0.6) is 0 Å². The largest absolute Gasteiger partial charge is 0.265 e. The molecule has 1 nitrogen and oxygen atoms in total. The molecule has 3 heteroatoms. The average molecular weight is 246 g/mol. The first-order valence-corrected chi connectivity index (χ1v) is 6.02. The van der Waals surface area contributed by atoms with Crippen LogP contribution in [-0.4, -0.2) is 16.1 Å². The summed E-state index contributed by atoms with van der Waals surface area (Å²) in [6.07, 6.45) is 3.67. The maximum atomic E-state index is 3.97. The number of nitrogens with zero attached hydrogens (tertiary/aromatic N) is 1. The number of halogens is 1. The number of hydrogen-bond acceptors (Lipinski definition) is 2. The Labute approximate surface area is 86.1 Å². The standard InChI is InChI=1S/C9H12BrNS/c1-8(6-10)7-12-9-2-4-11-5-3-9/h2-5,8H,6-7H2,1H3. The van der Waals surface area contributed by atoms with Gasteiger partial charge in [0.25, 0.3) is 0 Å². The molecule has 0 radical (unpaired) electrons. The van der Waals surface area contributed by atoms with Crippen LogP contribution in [0, 0.1) is 5.92 Å². The molecule has 0 aliphatic carbocycles. The molecule has 1 rings (SSSR count). The topological polar surface area (TPSA) is 12.9 Å². The fourth-order valence-electron chi connectivity index (χ4n) is 0.717. The molecule has 0 aliphatic rings. The summed E-state index contributed by atoms with van der Waals surface area (Å²) in [6, 6.07) is 4.09. The van der Waals surface area contributed by atoms with Gasteiger partial charge in [-0.05, 0) is 18.1 Å². The summed E-state index contributed by atoms with van der Waals surface area (Å²) in [5, 5.41) is 1.07. The predicted octanol–water partition coefficient (Wildman–Crippen LogP) is 3.20. The summed E-state index contributed by atoms with van der Waals surface area (Å²) >= 11 is 5.35. The minimum Gasteiger partial charge on any atom is -0.265 e. The van der Waals surface area contributed by atoms with E-state index in [0.717, 1.165) is 17.0 Å². The maximum absolute atomic E-state index is 3.97. The third kappa shape index (κ3) is 3.59. The molecule has 0 bridgehead atoms. The van der Waals surface area contributed by atoms with Gasteiger partial charge in [0, 0.05) is 28.4 Å². The highest BCUT2D eigenvalue weighted by atomic mass is 79.9. The molecule has 12 heavy (non-hydrogen) atoms. The molecule has 0 N–H and O–H groups in total. The van der Waals surface area contributed by atoms with Gasteiger partial charge in [0.2, 0.25) is 0 Å². The summed E-state index contributed by atoms with van der Waals surface area (Å²) in [6.45, 7) is 2.24. The van der Waals surface area contributed by atoms with Crippen molar-refractivity contribution in [2.75, 3.05) is 11.1 Å². The van der Waals surface area contributed by atoms with Crippen LogP contribution >= 0.6 is 27.7 Å². The van der Waals surface area contributed by atoms with Crippen molar-refractivity contribution in [2.45, 2.75) is 11.8 Å². The molecule has 1 atom stereocenters. The van der Waals surface area contributed by atoms with E-state index in [1.165, 1.54) is 4.90 Å². The lowest BCUT2D eigenvalue weighted by molar-refractivity contribution is 0.770. The first kappa shape index (κ1) is 10.1. The average Bonchev–Trinajstić information content (AvgIpc) is 2.16. The molecular formula is C9H12BrNS. The van der Waals surface area contributed by atoms with Crippen molar-refractivity contribution >= 4 is 27.7 Å². The van der Waals surface area contributed by atoms with E-state index >= 15 is 0 Å². The second kappa shape index (κ2) is 5.60. The van der Waals surface area contributed by atoms with Gasteiger partial charge in [0.05, 0.1) is 0 Å². The zero-order valence-corrected chi connectivity index (χ0v) is 9.44. The fraction of sp³-hybridized carbons (Fsp3) is 0.444. The first-order valence-electron chi connectivity index (χ1n) is 3.91. The van der Waals surface area contributed by atoms with Crippen molar-refractivity contribution in [3.05, 3.63) is 24.5 Å². The molecule has 0 amide bonds. The van der Waals surface area contributed by atoms with Gasteiger partial charge in [-0.2, -0.15) is 0 Å². The molecule has 0 fully saturated rings. The van der Waals surface area contributed by atoms with Crippen LogP contribution in [0.25, 0.3) is 0 Å². The zero-order chi connectivity index (χ0) is 8.81. The molecule has 0 spiro atoms. The Hall–Kier alpha value is -0.0200. The lowest BCUT2D eigenvalue weighted by atomic mass is 10.3. The van der Waals surface area contributed by atoms with Gasteiger partial charge < -0.3 is 0 Å². The molecular weight excluding hydrogens is 234 g/mol. The van der Waals surface area contributed by atoms with Crippen molar-refractivity contribution in [3.63, 3.8) is 0 Å². The van der Waals surface area contributed by atoms with Crippen molar-refractivity contribution < 1.29 is 0 Å². The minimum absolute atomic E-state index is 0.725. The van der Waals surface area contributed by atoms with Crippen LogP contribution in [0.15, 0.2) is 29.4 Å². The van der Waals surface area contributed by atoms with Crippen molar-refractivity contribution in [1.29, 1.82) is 0 Å². The Morgan fingerprint density at radius 3 is 2.75 bits per heavy atom. The Balaban J connectivity index is 2.33. The summed E-state index contributed by atoms with van der Waals surface area (Å²) in [7, 11) is 0. The van der Waals surface area contributed by atoms with Crippen molar-refractivity contribution in [3.8, 4) is 0 Å². The third-order valence-corrected chi connectivity index (χ3v) is 3.89. The van der Waals surface area contributed by atoms with Crippen LogP contribution < -0.4 is 0 Å². The predicted molar refractivity (Wildman–Crippen MR) is 57.9 cm³/mol. The van der Waals surface area contributed by atoms with Crippen LogP contribution in [0.3, 0.4) is 0 Å². The second-order valence-electron chi connectivity index (χ2n) is 2.75. The maximum Gasteiger partial charge on any atom is 0.0278 e. The van der Waals surface area contributed by atoms with Gasteiger partial charge in [-0.3, -0.25) is 4.98 Å². The van der Waals surface area contributed by atoms with Gasteiger partial charge in [0.1, 0.15) is 0 Å². The van der Waals surface area contributed by atoms with E-state index < -0.39 is 0 Å². The molecule has 0 aliphatic heterocycles. The molecule has 1 heterocycles. The van der Waals surface area contributed by atoms with Crippen LogP contribution in [0.2, 0.25) is 0 Å². The molecule has 66 valence electrons. The van der Waals surface area contributed by atoms with E-state index in [4.69, 9.17) is 0 Å². The smallest absolute Gasteiger partial charge is 0.0278 e. The van der Waals surface area contributed by atoms with Crippen LogP contribution in [0.4, 0.5) is 0 Å². The van der Waals surface area contributed by atoms with Crippen molar-refractivity contribution in [1.82, 2.24) is 4.98 Å². The highest BCUT2D eigenvalue weighted by Crippen LogP contribution is 2.19. The van der Waals surface area contributed by atoms with Gasteiger partial charge in [0.15, 0.2) is 0 Å². The molecule has 0 saturated heterocycles. The first-order chi connectivity index (χ1) is 5.83. The van der Waals surface area contributed by atoms with E-state index in [1.807, 2.05) is 36.3 Å². The number of hydrogen-bond donors (Lipinski definition) is 0. The van der Waals surface area contributed by atoms with E-state index in [9.17, 15) is 0 Å². The lowest BCUT2D eigenvalue weighted by Gasteiger charge is -2.05. The highest BCUT2D eigenvalue weighted by Gasteiger charge is 2.00. The van der Waals surface area contributed by atoms with Gasteiger partial charge in [-0.15, -0.1) is 11.8 Å². The SMILES string of the molecule is CC(CBr)CSc1ccncc1. The Kier molecular flexibility index (Phi) is 4.69. The fourth-order valence-corrected chi connectivity index (χ4v) is 2.16. The van der Waals surface area contributed by atoms with Crippen LogP contribution in [0.1, 0.15) is 6.92 Å². The third-order valence-electron chi connectivity index (χ3n) is 1.45. The zero-order valence-electron chi connectivity index (χ0n) is 7.03. The Bertz CT molecular complexity index is 215. The van der Waals surface area contributed by atoms with Crippen molar-refractivity contribution in [2.24, 2.45) is 5.92 Å². The minimum atomic E-state index is 0.725.